The molecule has 0 aromatic heterocycles. The van der Waals surface area contributed by atoms with E-state index in [4.69, 9.17) is 0 Å². The molecule has 1 N–H and O–H groups in total. The summed E-state index contributed by atoms with van der Waals surface area (Å²) in [4.78, 5) is 2.37. The fourth-order valence-electron chi connectivity index (χ4n) is 1.61. The minimum absolute atomic E-state index is 0.224. The van der Waals surface area contributed by atoms with Crippen molar-refractivity contribution < 1.29 is 8.42 Å². The molecule has 0 unspecified atom stereocenters. The first-order valence-corrected chi connectivity index (χ1v) is 8.55. The van der Waals surface area contributed by atoms with E-state index < -0.39 is 14.6 Å². The normalized spacial score (nSPS) is 13.2. The summed E-state index contributed by atoms with van der Waals surface area (Å²) < 4.78 is 23.0. The molecular weight excluding hydrogens is 248 g/mol. The van der Waals surface area contributed by atoms with Gasteiger partial charge in [0, 0.05) is 6.54 Å². The molecule has 0 atom stereocenters. The highest BCUT2D eigenvalue weighted by atomic mass is 32.2. The van der Waals surface area contributed by atoms with Crippen molar-refractivity contribution >= 4 is 9.84 Å². The molecule has 0 saturated heterocycles. The molecule has 5 heteroatoms. The highest BCUT2D eigenvalue weighted by Crippen LogP contribution is 2.15. The van der Waals surface area contributed by atoms with Gasteiger partial charge in [0.15, 0.2) is 9.84 Å². The number of nitrogens with one attached hydrogen (secondary N) is 1. The van der Waals surface area contributed by atoms with E-state index in [0.29, 0.717) is 6.54 Å². The van der Waals surface area contributed by atoms with E-state index in [1.54, 1.807) is 20.8 Å². The molecule has 0 rings (SSSR count). The van der Waals surface area contributed by atoms with E-state index in [9.17, 15) is 8.42 Å². The van der Waals surface area contributed by atoms with Crippen molar-refractivity contribution in [1.82, 2.24) is 10.2 Å². The highest BCUT2D eigenvalue weighted by molar-refractivity contribution is 7.92. The zero-order valence-electron chi connectivity index (χ0n) is 12.6. The van der Waals surface area contributed by atoms with Crippen LogP contribution in [-0.2, 0) is 9.84 Å². The van der Waals surface area contributed by atoms with Gasteiger partial charge in [-0.3, -0.25) is 0 Å². The van der Waals surface area contributed by atoms with E-state index in [-0.39, 0.29) is 5.75 Å². The Morgan fingerprint density at radius 3 is 2.06 bits per heavy atom. The van der Waals surface area contributed by atoms with Gasteiger partial charge >= 0.3 is 0 Å². The van der Waals surface area contributed by atoms with Crippen LogP contribution in [0.1, 0.15) is 41.0 Å². The molecule has 0 saturated carbocycles. The predicted octanol–water partition coefficient (Wildman–Crippen LogP) is 1.52. The minimum atomic E-state index is -2.98. The first kappa shape index (κ1) is 17.9. The maximum absolute atomic E-state index is 11.8. The predicted molar refractivity (Wildman–Crippen MR) is 78.8 cm³/mol. The Kier molecular flexibility index (Phi) is 8.06. The molecule has 0 heterocycles. The summed E-state index contributed by atoms with van der Waals surface area (Å²) in [5, 5.41) is 3.21. The molecule has 0 amide bonds. The Morgan fingerprint density at radius 2 is 1.61 bits per heavy atom. The van der Waals surface area contributed by atoms with E-state index in [1.165, 1.54) is 0 Å². The monoisotopic (exact) mass is 278 g/mol. The first-order valence-electron chi connectivity index (χ1n) is 6.90. The zero-order chi connectivity index (χ0) is 14.2. The second-order valence-corrected chi connectivity index (χ2v) is 8.42. The third-order valence-electron chi connectivity index (χ3n) is 3.20. The Bertz CT molecular complexity index is 303. The standard InChI is InChI=1S/C13H30N2O2S/c1-6-15(7-2)11-8-9-14-10-12-18(16,17)13(3,4)5/h14H,6-12H2,1-5H3. The van der Waals surface area contributed by atoms with Crippen LogP contribution in [0.2, 0.25) is 0 Å². The Morgan fingerprint density at radius 1 is 1.06 bits per heavy atom. The van der Waals surface area contributed by atoms with Gasteiger partial charge in [0.05, 0.1) is 10.5 Å². The van der Waals surface area contributed by atoms with E-state index in [0.717, 1.165) is 32.6 Å². The molecule has 0 bridgehead atoms. The van der Waals surface area contributed by atoms with Gasteiger partial charge in [-0.2, -0.15) is 0 Å². The molecule has 0 radical (unpaired) electrons. The summed E-state index contributed by atoms with van der Waals surface area (Å²) in [6.07, 6.45) is 1.07. The smallest absolute Gasteiger partial charge is 0.156 e. The molecule has 0 aliphatic carbocycles. The zero-order valence-corrected chi connectivity index (χ0v) is 13.4. The third-order valence-corrected chi connectivity index (χ3v) is 5.81. The van der Waals surface area contributed by atoms with E-state index in [2.05, 4.69) is 24.1 Å². The minimum Gasteiger partial charge on any atom is -0.316 e. The number of sulfone groups is 1. The molecule has 0 spiro atoms. The van der Waals surface area contributed by atoms with Gasteiger partial charge < -0.3 is 10.2 Å². The SMILES string of the molecule is CCN(CC)CCCNCCS(=O)(=O)C(C)(C)C. The lowest BCUT2D eigenvalue weighted by molar-refractivity contribution is 0.298. The second kappa shape index (κ2) is 8.12. The number of rotatable bonds is 9. The summed E-state index contributed by atoms with van der Waals surface area (Å²) in [6, 6.07) is 0. The van der Waals surface area contributed by atoms with Crippen LogP contribution in [0.15, 0.2) is 0 Å². The molecule has 0 aliphatic rings. The molecule has 0 fully saturated rings. The molecule has 0 aromatic carbocycles. The number of hydrogen-bond acceptors (Lipinski definition) is 4. The van der Waals surface area contributed by atoms with Crippen LogP contribution in [0.3, 0.4) is 0 Å². The van der Waals surface area contributed by atoms with Gasteiger partial charge in [0.2, 0.25) is 0 Å². The van der Waals surface area contributed by atoms with Crippen LogP contribution in [0.25, 0.3) is 0 Å². The quantitative estimate of drug-likeness (QED) is 0.650. The van der Waals surface area contributed by atoms with Crippen LogP contribution in [0.4, 0.5) is 0 Å². The largest absolute Gasteiger partial charge is 0.316 e. The van der Waals surface area contributed by atoms with Crippen molar-refractivity contribution in [2.75, 3.05) is 38.5 Å². The average molecular weight is 278 g/mol. The van der Waals surface area contributed by atoms with Gasteiger partial charge in [-0.25, -0.2) is 8.42 Å². The topological polar surface area (TPSA) is 49.4 Å². The molecule has 0 aliphatic heterocycles. The van der Waals surface area contributed by atoms with Crippen LogP contribution in [-0.4, -0.2) is 56.5 Å². The molecule has 0 aromatic rings. The van der Waals surface area contributed by atoms with Gasteiger partial charge in [0.1, 0.15) is 0 Å². The second-order valence-electron chi connectivity index (χ2n) is 5.56. The summed E-state index contributed by atoms with van der Waals surface area (Å²) in [5.74, 6) is 0.224. The first-order chi connectivity index (χ1) is 8.24. The number of nitrogens with zero attached hydrogens (tertiary/aromatic N) is 1. The maximum Gasteiger partial charge on any atom is 0.156 e. The Labute approximate surface area is 113 Å². The van der Waals surface area contributed by atoms with Crippen molar-refractivity contribution in [1.29, 1.82) is 0 Å². The summed E-state index contributed by atoms with van der Waals surface area (Å²) >= 11 is 0. The van der Waals surface area contributed by atoms with Gasteiger partial charge in [0.25, 0.3) is 0 Å². The Hall–Kier alpha value is -0.130. The van der Waals surface area contributed by atoms with E-state index in [1.807, 2.05) is 0 Å². The van der Waals surface area contributed by atoms with E-state index >= 15 is 0 Å². The van der Waals surface area contributed by atoms with Crippen molar-refractivity contribution in [3.05, 3.63) is 0 Å². The summed E-state index contributed by atoms with van der Waals surface area (Å²) in [6.45, 7) is 14.2. The Balaban J connectivity index is 3.70. The molecule has 110 valence electrons. The van der Waals surface area contributed by atoms with Crippen LogP contribution in [0, 0.1) is 0 Å². The van der Waals surface area contributed by atoms with Crippen LogP contribution >= 0.6 is 0 Å². The molecule has 4 nitrogen and oxygen atoms in total. The van der Waals surface area contributed by atoms with Gasteiger partial charge in [-0.1, -0.05) is 13.8 Å². The number of hydrogen-bond donors (Lipinski definition) is 1. The highest BCUT2D eigenvalue weighted by Gasteiger charge is 2.27. The summed E-state index contributed by atoms with van der Waals surface area (Å²) in [5.41, 5.74) is 0. The lowest BCUT2D eigenvalue weighted by Gasteiger charge is -2.20. The molecular formula is C13H30N2O2S. The summed E-state index contributed by atoms with van der Waals surface area (Å²) in [7, 11) is -2.98. The fourth-order valence-corrected chi connectivity index (χ4v) is 2.63. The van der Waals surface area contributed by atoms with Crippen LogP contribution < -0.4 is 5.32 Å². The third kappa shape index (κ3) is 6.71. The lowest BCUT2D eigenvalue weighted by atomic mass is 10.3. The van der Waals surface area contributed by atoms with Crippen LogP contribution in [0.5, 0.6) is 0 Å². The molecule has 18 heavy (non-hydrogen) atoms. The van der Waals surface area contributed by atoms with Gasteiger partial charge in [-0.05, 0) is 53.4 Å². The average Bonchev–Trinajstić information content (AvgIpc) is 2.26. The van der Waals surface area contributed by atoms with Crippen molar-refractivity contribution in [3.8, 4) is 0 Å². The lowest BCUT2D eigenvalue weighted by Crippen LogP contribution is -2.35. The fraction of sp³-hybridized carbons (Fsp3) is 1.00. The van der Waals surface area contributed by atoms with Gasteiger partial charge in [-0.15, -0.1) is 0 Å². The van der Waals surface area contributed by atoms with Crippen molar-refractivity contribution in [2.24, 2.45) is 0 Å². The maximum atomic E-state index is 11.8. The van der Waals surface area contributed by atoms with Crippen molar-refractivity contribution in [3.63, 3.8) is 0 Å². The van der Waals surface area contributed by atoms with Crippen molar-refractivity contribution in [2.45, 2.75) is 45.8 Å².